The summed E-state index contributed by atoms with van der Waals surface area (Å²) in [5, 5.41) is 9.60. The van der Waals surface area contributed by atoms with Crippen LogP contribution in [0.25, 0.3) is 0 Å². The number of aliphatic carboxylic acids is 1. The molecule has 1 aliphatic heterocycles. The van der Waals surface area contributed by atoms with E-state index < -0.39 is 27.8 Å². The highest BCUT2D eigenvalue weighted by Crippen LogP contribution is 2.48. The Bertz CT molecular complexity index is 964. The van der Waals surface area contributed by atoms with Gasteiger partial charge in [-0.25, -0.2) is 8.42 Å². The van der Waals surface area contributed by atoms with E-state index >= 15 is 0 Å². The molecule has 0 radical (unpaired) electrons. The second-order valence-electron chi connectivity index (χ2n) is 8.81. The normalized spacial score (nSPS) is 28.2. The third kappa shape index (κ3) is 4.15. The number of allylic oxidation sites excluding steroid dienone is 2. The Morgan fingerprint density at radius 2 is 1.61 bits per heavy atom. The molecule has 31 heavy (non-hydrogen) atoms. The van der Waals surface area contributed by atoms with Crippen molar-refractivity contribution in [1.29, 1.82) is 0 Å². The van der Waals surface area contributed by atoms with E-state index in [1.54, 1.807) is 17.0 Å². The molecule has 1 saturated heterocycles. The fourth-order valence-corrected chi connectivity index (χ4v) is 6.64. The smallest absolute Gasteiger partial charge is 0.307 e. The zero-order valence-electron chi connectivity index (χ0n) is 17.8. The van der Waals surface area contributed by atoms with Crippen molar-refractivity contribution in [2.45, 2.75) is 37.5 Å². The number of amides is 1. The summed E-state index contributed by atoms with van der Waals surface area (Å²) in [7, 11) is -3.61. The number of piperazine rings is 1. The number of unbranched alkanes of at least 4 members (excludes halogenated alkanes) is 1. The van der Waals surface area contributed by atoms with E-state index in [0.29, 0.717) is 0 Å². The van der Waals surface area contributed by atoms with Crippen molar-refractivity contribution in [2.24, 2.45) is 23.7 Å². The van der Waals surface area contributed by atoms with Crippen LogP contribution in [0.1, 0.15) is 31.7 Å². The van der Waals surface area contributed by atoms with Crippen LogP contribution in [0.15, 0.2) is 41.3 Å². The summed E-state index contributed by atoms with van der Waals surface area (Å²) in [6.45, 7) is 3.15. The molecule has 2 bridgehead atoms. The first-order valence-electron chi connectivity index (χ1n) is 11.1. The quantitative estimate of drug-likeness (QED) is 0.649. The maximum absolute atomic E-state index is 13.1. The van der Waals surface area contributed by atoms with Crippen LogP contribution in [-0.2, 0) is 26.0 Å². The first kappa shape index (κ1) is 22.0. The van der Waals surface area contributed by atoms with E-state index in [4.69, 9.17) is 0 Å². The molecule has 1 heterocycles. The van der Waals surface area contributed by atoms with Gasteiger partial charge in [-0.2, -0.15) is 4.31 Å². The van der Waals surface area contributed by atoms with Gasteiger partial charge in [0.05, 0.1) is 16.7 Å². The number of carbonyl (C=O) groups is 2. The molecule has 1 N–H and O–H groups in total. The van der Waals surface area contributed by atoms with Gasteiger partial charge in [0.1, 0.15) is 0 Å². The van der Waals surface area contributed by atoms with Crippen LogP contribution in [0.5, 0.6) is 0 Å². The molecular formula is C23H30N2O5S. The van der Waals surface area contributed by atoms with Gasteiger partial charge in [-0.15, -0.1) is 0 Å². The highest BCUT2D eigenvalue weighted by Gasteiger charge is 2.52. The number of carbonyl (C=O) groups excluding carboxylic acids is 1. The number of benzene rings is 1. The van der Waals surface area contributed by atoms with Crippen molar-refractivity contribution in [3.63, 3.8) is 0 Å². The second kappa shape index (κ2) is 8.74. The van der Waals surface area contributed by atoms with Crippen molar-refractivity contribution in [1.82, 2.24) is 9.21 Å². The first-order chi connectivity index (χ1) is 14.8. The Balaban J connectivity index is 1.39. The van der Waals surface area contributed by atoms with Crippen molar-refractivity contribution >= 4 is 21.9 Å². The summed E-state index contributed by atoms with van der Waals surface area (Å²) in [5.74, 6) is -2.37. The molecule has 1 aromatic rings. The number of carboxylic acids is 1. The minimum Gasteiger partial charge on any atom is -0.481 e. The van der Waals surface area contributed by atoms with Gasteiger partial charge in [-0.3, -0.25) is 9.59 Å². The van der Waals surface area contributed by atoms with Gasteiger partial charge in [-0.1, -0.05) is 37.6 Å². The molecule has 2 fully saturated rings. The van der Waals surface area contributed by atoms with E-state index in [2.05, 4.69) is 6.92 Å². The molecule has 0 spiro atoms. The summed E-state index contributed by atoms with van der Waals surface area (Å²) in [6.07, 6.45) is 7.71. The van der Waals surface area contributed by atoms with Gasteiger partial charge < -0.3 is 10.0 Å². The molecule has 168 valence electrons. The van der Waals surface area contributed by atoms with Crippen LogP contribution in [0.4, 0.5) is 0 Å². The van der Waals surface area contributed by atoms with E-state index in [0.717, 1.165) is 31.2 Å². The molecule has 1 amide bonds. The van der Waals surface area contributed by atoms with Crippen molar-refractivity contribution in [3.05, 3.63) is 42.0 Å². The zero-order valence-corrected chi connectivity index (χ0v) is 18.6. The maximum Gasteiger partial charge on any atom is 0.307 e. The highest BCUT2D eigenvalue weighted by atomic mass is 32.2. The number of nitrogens with zero attached hydrogens (tertiary/aromatic N) is 2. The highest BCUT2D eigenvalue weighted by molar-refractivity contribution is 7.89. The average Bonchev–Trinajstić information content (AvgIpc) is 3.39. The van der Waals surface area contributed by atoms with Crippen molar-refractivity contribution in [2.75, 3.05) is 26.2 Å². The van der Waals surface area contributed by atoms with Gasteiger partial charge >= 0.3 is 5.97 Å². The minimum atomic E-state index is -3.61. The number of fused-ring (bicyclic) bond motifs is 2. The van der Waals surface area contributed by atoms with Crippen LogP contribution in [0, 0.1) is 23.7 Å². The zero-order chi connectivity index (χ0) is 22.2. The number of carboxylic acid groups (broad SMARTS) is 1. The van der Waals surface area contributed by atoms with Crippen molar-refractivity contribution in [3.8, 4) is 0 Å². The van der Waals surface area contributed by atoms with Gasteiger partial charge in [0.2, 0.25) is 15.9 Å². The van der Waals surface area contributed by atoms with Crippen molar-refractivity contribution < 1.29 is 23.1 Å². The Morgan fingerprint density at radius 1 is 1.00 bits per heavy atom. The minimum absolute atomic E-state index is 0.0217. The van der Waals surface area contributed by atoms with Crippen LogP contribution < -0.4 is 0 Å². The lowest BCUT2D eigenvalue weighted by atomic mass is 9.82. The number of aryl methyl sites for hydroxylation is 1. The molecule has 0 aromatic heterocycles. The molecular weight excluding hydrogens is 416 g/mol. The van der Waals surface area contributed by atoms with Gasteiger partial charge in [-0.05, 0) is 48.8 Å². The average molecular weight is 447 g/mol. The molecule has 4 atom stereocenters. The van der Waals surface area contributed by atoms with E-state index in [1.165, 1.54) is 4.31 Å². The number of hydrogen-bond acceptors (Lipinski definition) is 4. The van der Waals surface area contributed by atoms with Crippen LogP contribution in [0.2, 0.25) is 0 Å². The fraction of sp³-hybridized carbons (Fsp3) is 0.565. The molecule has 0 unspecified atom stereocenters. The van der Waals surface area contributed by atoms with E-state index in [9.17, 15) is 23.1 Å². The van der Waals surface area contributed by atoms with Gasteiger partial charge in [0.15, 0.2) is 0 Å². The largest absolute Gasteiger partial charge is 0.481 e. The fourth-order valence-electron chi connectivity index (χ4n) is 5.21. The van der Waals surface area contributed by atoms with Gasteiger partial charge in [0, 0.05) is 26.2 Å². The molecule has 1 aromatic carbocycles. The lowest BCUT2D eigenvalue weighted by molar-refractivity contribution is -0.151. The summed E-state index contributed by atoms with van der Waals surface area (Å²) in [4.78, 5) is 26.8. The second-order valence-corrected chi connectivity index (χ2v) is 10.8. The van der Waals surface area contributed by atoms with Crippen LogP contribution in [-0.4, -0.2) is 60.8 Å². The third-order valence-corrected chi connectivity index (χ3v) is 8.87. The molecule has 1 saturated carbocycles. The lowest BCUT2D eigenvalue weighted by Crippen LogP contribution is -2.53. The van der Waals surface area contributed by atoms with E-state index in [-0.39, 0.29) is 48.8 Å². The summed E-state index contributed by atoms with van der Waals surface area (Å²) in [6, 6.07) is 7.07. The van der Waals surface area contributed by atoms with E-state index in [1.807, 2.05) is 24.3 Å². The van der Waals surface area contributed by atoms with Gasteiger partial charge in [0.25, 0.3) is 0 Å². The first-order valence-corrected chi connectivity index (χ1v) is 12.6. The topological polar surface area (TPSA) is 95.0 Å². The summed E-state index contributed by atoms with van der Waals surface area (Å²) >= 11 is 0. The van der Waals surface area contributed by atoms with Crippen LogP contribution >= 0.6 is 0 Å². The molecule has 3 aliphatic rings. The van der Waals surface area contributed by atoms with Crippen LogP contribution in [0.3, 0.4) is 0 Å². The number of hydrogen-bond donors (Lipinski definition) is 1. The summed E-state index contributed by atoms with van der Waals surface area (Å²) in [5.41, 5.74) is 1.13. The number of sulfonamides is 1. The Labute approximate surface area is 183 Å². The molecule has 2 aliphatic carbocycles. The molecule has 8 heteroatoms. The summed E-state index contributed by atoms with van der Waals surface area (Å²) < 4.78 is 27.5. The lowest BCUT2D eigenvalue weighted by Gasteiger charge is -2.37. The predicted molar refractivity (Wildman–Crippen MR) is 116 cm³/mol. The number of rotatable bonds is 7. The molecule has 7 nitrogen and oxygen atoms in total. The Kier molecular flexibility index (Phi) is 6.21. The SMILES string of the molecule is CCCCc1ccc(S(=O)(=O)N2CCN(C(=O)[C@H]3[C@H](C(=O)O)[C@H]4C=C[C@H]3C4)CC2)cc1. The standard InChI is InChI=1S/C23H30N2O5S/c1-2-3-4-16-5-9-19(10-6-16)31(29,30)25-13-11-24(12-14-25)22(26)20-17-7-8-18(15-17)21(20)23(27)28/h5-10,17-18,20-21H,2-4,11-15H2,1H3,(H,27,28)/t17-,18-,20+,21+/m0/s1. The third-order valence-electron chi connectivity index (χ3n) is 6.96. The monoisotopic (exact) mass is 446 g/mol. The predicted octanol–water partition coefficient (Wildman–Crippen LogP) is 2.38. The maximum atomic E-state index is 13.1. The Hall–Kier alpha value is -2.19. The Morgan fingerprint density at radius 3 is 2.19 bits per heavy atom. The molecule has 4 rings (SSSR count).